The molecule has 0 aromatic heterocycles. The molecule has 1 heterocycles. The zero-order valence-corrected chi connectivity index (χ0v) is 10.4. The summed E-state index contributed by atoms with van der Waals surface area (Å²) in [6, 6.07) is 1.69. The Balaban J connectivity index is 2.51. The molecule has 4 nitrogen and oxygen atoms in total. The monoisotopic (exact) mass is 254 g/mol. The van der Waals surface area contributed by atoms with Crippen LogP contribution in [0.1, 0.15) is 24.8 Å². The predicted octanol–water partition coefficient (Wildman–Crippen LogP) is 2.30. The number of aldehydes is 1. The average Bonchev–Trinajstić information content (AvgIpc) is 2.39. The minimum atomic E-state index is -0.567. The molecule has 0 amide bonds. The van der Waals surface area contributed by atoms with Crippen LogP contribution in [0, 0.1) is 5.82 Å². The van der Waals surface area contributed by atoms with Crippen molar-refractivity contribution in [2.75, 3.05) is 20.3 Å². The topological polar surface area (TPSA) is 44.8 Å². The SMILES string of the molecule is COc1c(C(C)CC=O)cc2c(c1F)OCCO2. The van der Waals surface area contributed by atoms with Crippen LogP contribution >= 0.6 is 0 Å². The van der Waals surface area contributed by atoms with Gasteiger partial charge in [0.15, 0.2) is 11.5 Å². The summed E-state index contributed by atoms with van der Waals surface area (Å²) in [6.45, 7) is 2.54. The fourth-order valence-electron chi connectivity index (χ4n) is 1.99. The van der Waals surface area contributed by atoms with Crippen molar-refractivity contribution in [3.05, 3.63) is 17.4 Å². The van der Waals surface area contributed by atoms with Crippen LogP contribution in [0.4, 0.5) is 4.39 Å². The Morgan fingerprint density at radius 1 is 1.50 bits per heavy atom. The third-order valence-corrected chi connectivity index (χ3v) is 2.94. The fourth-order valence-corrected chi connectivity index (χ4v) is 1.99. The van der Waals surface area contributed by atoms with E-state index in [0.29, 0.717) is 30.9 Å². The van der Waals surface area contributed by atoms with Crippen molar-refractivity contribution < 1.29 is 23.4 Å². The van der Waals surface area contributed by atoms with E-state index in [1.165, 1.54) is 7.11 Å². The number of fused-ring (bicyclic) bond motifs is 1. The van der Waals surface area contributed by atoms with Gasteiger partial charge in [-0.3, -0.25) is 0 Å². The van der Waals surface area contributed by atoms with Gasteiger partial charge >= 0.3 is 0 Å². The van der Waals surface area contributed by atoms with Gasteiger partial charge in [-0.1, -0.05) is 6.92 Å². The fraction of sp³-hybridized carbons (Fsp3) is 0.462. The van der Waals surface area contributed by atoms with Crippen LogP contribution in [0.15, 0.2) is 6.07 Å². The largest absolute Gasteiger partial charge is 0.493 e. The van der Waals surface area contributed by atoms with Gasteiger partial charge in [0.1, 0.15) is 19.5 Å². The molecule has 0 aliphatic carbocycles. The minimum absolute atomic E-state index is 0.0835. The van der Waals surface area contributed by atoms with Crippen molar-refractivity contribution in [2.45, 2.75) is 19.3 Å². The molecule has 1 aliphatic heterocycles. The molecule has 1 aromatic carbocycles. The molecule has 0 spiro atoms. The van der Waals surface area contributed by atoms with Gasteiger partial charge < -0.3 is 19.0 Å². The van der Waals surface area contributed by atoms with Gasteiger partial charge in [-0.05, 0) is 12.0 Å². The number of halogens is 1. The Kier molecular flexibility index (Phi) is 3.69. The summed E-state index contributed by atoms with van der Waals surface area (Å²) in [5.74, 6) is -0.133. The standard InChI is InChI=1S/C13H15FO4/c1-8(3-4-15)9-7-10-13(18-6-5-17-10)11(14)12(9)16-2/h4,7-8H,3,5-6H2,1-2H3. The second-order valence-corrected chi connectivity index (χ2v) is 4.14. The lowest BCUT2D eigenvalue weighted by molar-refractivity contribution is -0.108. The molecule has 1 atom stereocenters. The molecule has 0 radical (unpaired) electrons. The van der Waals surface area contributed by atoms with E-state index >= 15 is 0 Å². The number of carbonyl (C=O) groups excluding carboxylic acids is 1. The van der Waals surface area contributed by atoms with Gasteiger partial charge in [0.25, 0.3) is 0 Å². The number of methoxy groups -OCH3 is 1. The van der Waals surface area contributed by atoms with E-state index in [0.717, 1.165) is 6.29 Å². The van der Waals surface area contributed by atoms with E-state index in [1.807, 2.05) is 6.92 Å². The van der Waals surface area contributed by atoms with Crippen LogP contribution in [0.2, 0.25) is 0 Å². The number of ether oxygens (including phenoxy) is 3. The van der Waals surface area contributed by atoms with Gasteiger partial charge in [0.2, 0.25) is 11.6 Å². The lowest BCUT2D eigenvalue weighted by atomic mass is 9.96. The number of hydrogen-bond donors (Lipinski definition) is 0. The molecule has 18 heavy (non-hydrogen) atoms. The molecule has 0 saturated carbocycles. The van der Waals surface area contributed by atoms with Crippen LogP contribution in [-0.4, -0.2) is 26.6 Å². The molecule has 98 valence electrons. The van der Waals surface area contributed by atoms with Gasteiger partial charge in [-0.2, -0.15) is 4.39 Å². The summed E-state index contributed by atoms with van der Waals surface area (Å²) < 4.78 is 29.9. The third-order valence-electron chi connectivity index (χ3n) is 2.94. The van der Waals surface area contributed by atoms with Crippen molar-refractivity contribution in [1.29, 1.82) is 0 Å². The van der Waals surface area contributed by atoms with Crippen LogP contribution < -0.4 is 14.2 Å². The first-order chi connectivity index (χ1) is 8.69. The van der Waals surface area contributed by atoms with E-state index in [2.05, 4.69) is 0 Å². The first-order valence-corrected chi connectivity index (χ1v) is 5.78. The highest BCUT2D eigenvalue weighted by Gasteiger charge is 2.26. The molecule has 1 aromatic rings. The highest BCUT2D eigenvalue weighted by Crippen LogP contribution is 2.43. The number of hydrogen-bond acceptors (Lipinski definition) is 4. The Morgan fingerprint density at radius 2 is 2.22 bits per heavy atom. The zero-order valence-electron chi connectivity index (χ0n) is 10.4. The highest BCUT2D eigenvalue weighted by atomic mass is 19.1. The summed E-state index contributed by atoms with van der Waals surface area (Å²) in [6.07, 6.45) is 1.11. The Bertz CT molecular complexity index is 459. The molecule has 0 bridgehead atoms. The van der Waals surface area contributed by atoms with Gasteiger partial charge in [-0.15, -0.1) is 0 Å². The third kappa shape index (κ3) is 2.12. The minimum Gasteiger partial charge on any atom is -0.493 e. The smallest absolute Gasteiger partial charge is 0.210 e. The highest BCUT2D eigenvalue weighted by molar-refractivity contribution is 5.57. The van der Waals surface area contributed by atoms with E-state index < -0.39 is 5.82 Å². The average molecular weight is 254 g/mol. The molecule has 0 N–H and O–H groups in total. The maximum atomic E-state index is 14.2. The van der Waals surface area contributed by atoms with Crippen molar-refractivity contribution in [2.24, 2.45) is 0 Å². The summed E-state index contributed by atoms with van der Waals surface area (Å²) >= 11 is 0. The number of carbonyl (C=O) groups is 1. The first-order valence-electron chi connectivity index (χ1n) is 5.78. The van der Waals surface area contributed by atoms with E-state index in [4.69, 9.17) is 14.2 Å². The van der Waals surface area contributed by atoms with Gasteiger partial charge in [0, 0.05) is 12.0 Å². The van der Waals surface area contributed by atoms with E-state index in [-0.39, 0.29) is 17.4 Å². The van der Waals surface area contributed by atoms with Crippen molar-refractivity contribution in [3.8, 4) is 17.2 Å². The van der Waals surface area contributed by atoms with Gasteiger partial charge in [0.05, 0.1) is 7.11 Å². The van der Waals surface area contributed by atoms with E-state index in [1.54, 1.807) is 6.07 Å². The molecule has 0 fully saturated rings. The summed E-state index contributed by atoms with van der Waals surface area (Å²) in [5.41, 5.74) is 0.617. The Hall–Kier alpha value is -1.78. The maximum Gasteiger partial charge on any atom is 0.210 e. The number of rotatable bonds is 4. The molecule has 2 rings (SSSR count). The van der Waals surface area contributed by atoms with Crippen molar-refractivity contribution in [1.82, 2.24) is 0 Å². The predicted molar refractivity (Wildman–Crippen MR) is 63.0 cm³/mol. The number of benzene rings is 1. The first kappa shape index (κ1) is 12.7. The quantitative estimate of drug-likeness (QED) is 0.773. The van der Waals surface area contributed by atoms with Crippen LogP contribution in [0.25, 0.3) is 0 Å². The van der Waals surface area contributed by atoms with Crippen LogP contribution in [0.3, 0.4) is 0 Å². The van der Waals surface area contributed by atoms with Crippen LogP contribution in [0.5, 0.6) is 17.2 Å². The molecule has 5 heteroatoms. The zero-order chi connectivity index (χ0) is 13.1. The van der Waals surface area contributed by atoms with Crippen molar-refractivity contribution in [3.63, 3.8) is 0 Å². The van der Waals surface area contributed by atoms with Gasteiger partial charge in [-0.25, -0.2) is 0 Å². The molecule has 1 aliphatic rings. The summed E-state index contributed by atoms with van der Waals surface area (Å²) in [7, 11) is 1.39. The molecular weight excluding hydrogens is 239 g/mol. The Labute approximate surface area is 105 Å². The summed E-state index contributed by atoms with van der Waals surface area (Å²) in [4.78, 5) is 10.6. The van der Waals surface area contributed by atoms with Crippen molar-refractivity contribution >= 4 is 6.29 Å². The second-order valence-electron chi connectivity index (χ2n) is 4.14. The maximum absolute atomic E-state index is 14.2. The molecule has 0 saturated heterocycles. The Morgan fingerprint density at radius 3 is 2.89 bits per heavy atom. The molecule has 1 unspecified atom stereocenters. The lowest BCUT2D eigenvalue weighted by Gasteiger charge is -2.23. The second kappa shape index (κ2) is 5.25. The van der Waals surface area contributed by atoms with E-state index in [9.17, 15) is 9.18 Å². The lowest BCUT2D eigenvalue weighted by Crippen LogP contribution is -2.17. The van der Waals surface area contributed by atoms with Crippen LogP contribution in [-0.2, 0) is 4.79 Å². The normalized spacial score (nSPS) is 15.1. The molecular formula is C13H15FO4. The summed E-state index contributed by atoms with van der Waals surface area (Å²) in [5, 5.41) is 0.